The van der Waals surface area contributed by atoms with Crippen LogP contribution in [0.5, 0.6) is 0 Å². The van der Waals surface area contributed by atoms with E-state index in [9.17, 15) is 4.79 Å². The number of carbonyl (C=O) groups excluding carboxylic acids is 1. The molecular weight excluding hydrogens is 378 g/mol. The molecule has 1 saturated heterocycles. The second kappa shape index (κ2) is 8.61. The van der Waals surface area contributed by atoms with E-state index >= 15 is 0 Å². The lowest BCUT2D eigenvalue weighted by atomic mass is 10.1. The Hall–Kier alpha value is -1.69. The summed E-state index contributed by atoms with van der Waals surface area (Å²) in [7, 11) is 2.18. The van der Waals surface area contributed by atoms with Crippen LogP contribution in [-0.2, 0) is 13.1 Å². The Bertz CT molecular complexity index is 709. The van der Waals surface area contributed by atoms with E-state index in [1.54, 1.807) is 0 Å². The van der Waals surface area contributed by atoms with E-state index in [0.717, 1.165) is 42.8 Å². The molecule has 4 nitrogen and oxygen atoms in total. The Labute approximate surface area is 158 Å². The molecule has 3 rings (SSSR count). The minimum atomic E-state index is -0.0611. The van der Waals surface area contributed by atoms with Crippen molar-refractivity contribution in [3.63, 3.8) is 0 Å². The van der Waals surface area contributed by atoms with Crippen LogP contribution in [0.25, 0.3) is 0 Å². The minimum absolute atomic E-state index is 0.0611. The summed E-state index contributed by atoms with van der Waals surface area (Å²) in [5.41, 5.74) is 3.10. The summed E-state index contributed by atoms with van der Waals surface area (Å²) in [5.74, 6) is -0.0611. The van der Waals surface area contributed by atoms with E-state index in [4.69, 9.17) is 0 Å². The molecule has 0 bridgehead atoms. The van der Waals surface area contributed by atoms with Crippen LogP contribution in [0.1, 0.15) is 21.5 Å². The van der Waals surface area contributed by atoms with Gasteiger partial charge < -0.3 is 10.2 Å². The van der Waals surface area contributed by atoms with Crippen molar-refractivity contribution in [2.24, 2.45) is 0 Å². The van der Waals surface area contributed by atoms with Gasteiger partial charge in [-0.15, -0.1) is 0 Å². The largest absolute Gasteiger partial charge is 0.348 e. The highest BCUT2D eigenvalue weighted by molar-refractivity contribution is 9.10. The van der Waals surface area contributed by atoms with Crippen molar-refractivity contribution in [1.29, 1.82) is 0 Å². The number of carbonyl (C=O) groups is 1. The SMILES string of the molecule is CN1CCN(Cc2ccc(CNC(=O)c3ccccc3Br)cc2)CC1. The zero-order valence-electron chi connectivity index (χ0n) is 14.5. The van der Waals surface area contributed by atoms with Crippen molar-refractivity contribution in [3.8, 4) is 0 Å². The molecule has 1 amide bonds. The predicted octanol–water partition coefficient (Wildman–Crippen LogP) is 3.13. The highest BCUT2D eigenvalue weighted by atomic mass is 79.9. The maximum atomic E-state index is 12.2. The Balaban J connectivity index is 1.51. The number of likely N-dealkylation sites (N-methyl/N-ethyl adjacent to an activating group) is 1. The van der Waals surface area contributed by atoms with Gasteiger partial charge in [0, 0.05) is 43.7 Å². The maximum Gasteiger partial charge on any atom is 0.252 e. The third-order valence-electron chi connectivity index (χ3n) is 4.60. The zero-order valence-corrected chi connectivity index (χ0v) is 16.1. The van der Waals surface area contributed by atoms with Crippen LogP contribution < -0.4 is 5.32 Å². The third kappa shape index (κ3) is 5.14. The van der Waals surface area contributed by atoms with Gasteiger partial charge in [-0.2, -0.15) is 0 Å². The monoisotopic (exact) mass is 401 g/mol. The van der Waals surface area contributed by atoms with Gasteiger partial charge in [0.25, 0.3) is 5.91 Å². The summed E-state index contributed by atoms with van der Waals surface area (Å²) < 4.78 is 0.815. The minimum Gasteiger partial charge on any atom is -0.348 e. The molecule has 0 radical (unpaired) electrons. The number of rotatable bonds is 5. The van der Waals surface area contributed by atoms with Crippen LogP contribution in [0.15, 0.2) is 53.0 Å². The van der Waals surface area contributed by atoms with Gasteiger partial charge in [0.1, 0.15) is 0 Å². The van der Waals surface area contributed by atoms with Gasteiger partial charge >= 0.3 is 0 Å². The molecule has 0 aromatic heterocycles. The number of hydrogen-bond donors (Lipinski definition) is 1. The molecule has 1 aliphatic rings. The summed E-state index contributed by atoms with van der Waals surface area (Å²) in [5, 5.41) is 2.98. The molecule has 0 aliphatic carbocycles. The second-order valence-electron chi connectivity index (χ2n) is 6.56. The van der Waals surface area contributed by atoms with Crippen molar-refractivity contribution < 1.29 is 4.79 Å². The number of nitrogens with one attached hydrogen (secondary N) is 1. The number of nitrogens with zero attached hydrogens (tertiary/aromatic N) is 2. The number of halogens is 1. The van der Waals surface area contributed by atoms with Crippen molar-refractivity contribution in [2.45, 2.75) is 13.1 Å². The first-order valence-corrected chi connectivity index (χ1v) is 9.42. The van der Waals surface area contributed by atoms with E-state index in [2.05, 4.69) is 62.4 Å². The third-order valence-corrected chi connectivity index (χ3v) is 5.29. The fraction of sp³-hybridized carbons (Fsp3) is 0.350. The Morgan fingerprint density at radius 3 is 2.32 bits per heavy atom. The van der Waals surface area contributed by atoms with E-state index in [0.29, 0.717) is 12.1 Å². The smallest absolute Gasteiger partial charge is 0.252 e. The van der Waals surface area contributed by atoms with E-state index in [1.165, 1.54) is 5.56 Å². The van der Waals surface area contributed by atoms with Crippen molar-refractivity contribution >= 4 is 21.8 Å². The van der Waals surface area contributed by atoms with E-state index < -0.39 is 0 Å². The normalized spacial score (nSPS) is 15.9. The van der Waals surface area contributed by atoms with E-state index in [1.807, 2.05) is 24.3 Å². The molecule has 5 heteroatoms. The van der Waals surface area contributed by atoms with Crippen LogP contribution in [0.3, 0.4) is 0 Å². The van der Waals surface area contributed by atoms with Gasteiger partial charge in [0.2, 0.25) is 0 Å². The molecule has 132 valence electrons. The highest BCUT2D eigenvalue weighted by Gasteiger charge is 2.13. The fourth-order valence-corrected chi connectivity index (χ4v) is 3.41. The Morgan fingerprint density at radius 1 is 1.00 bits per heavy atom. The van der Waals surface area contributed by atoms with Crippen molar-refractivity contribution in [2.75, 3.05) is 33.2 Å². The van der Waals surface area contributed by atoms with Crippen molar-refractivity contribution in [1.82, 2.24) is 15.1 Å². The molecule has 0 saturated carbocycles. The standard InChI is InChI=1S/C20H24BrN3O/c1-23-10-12-24(13-11-23)15-17-8-6-16(7-9-17)14-22-20(25)18-4-2-3-5-19(18)21/h2-9H,10-15H2,1H3,(H,22,25). The average Bonchev–Trinajstić information content (AvgIpc) is 2.63. The lowest BCUT2D eigenvalue weighted by molar-refractivity contribution is 0.0950. The number of hydrogen-bond acceptors (Lipinski definition) is 3. The first kappa shape index (κ1) is 18.1. The average molecular weight is 402 g/mol. The van der Waals surface area contributed by atoms with Gasteiger partial charge in [-0.3, -0.25) is 9.69 Å². The molecule has 0 atom stereocenters. The molecule has 1 heterocycles. The molecule has 2 aromatic carbocycles. The first-order valence-electron chi connectivity index (χ1n) is 8.63. The predicted molar refractivity (Wildman–Crippen MR) is 105 cm³/mol. The van der Waals surface area contributed by atoms with E-state index in [-0.39, 0.29) is 5.91 Å². The topological polar surface area (TPSA) is 35.6 Å². The highest BCUT2D eigenvalue weighted by Crippen LogP contribution is 2.16. The molecule has 2 aromatic rings. The maximum absolute atomic E-state index is 12.2. The lowest BCUT2D eigenvalue weighted by Crippen LogP contribution is -2.43. The molecule has 1 N–H and O–H groups in total. The van der Waals surface area contributed by atoms with Gasteiger partial charge in [-0.05, 0) is 46.2 Å². The lowest BCUT2D eigenvalue weighted by Gasteiger charge is -2.32. The van der Waals surface area contributed by atoms with Crippen LogP contribution >= 0.6 is 15.9 Å². The number of amides is 1. The van der Waals surface area contributed by atoms with Crippen LogP contribution in [0.2, 0.25) is 0 Å². The quantitative estimate of drug-likeness (QED) is 0.835. The number of piperazine rings is 1. The molecule has 0 unspecified atom stereocenters. The Morgan fingerprint density at radius 2 is 1.64 bits per heavy atom. The molecule has 1 aliphatic heterocycles. The Kier molecular flexibility index (Phi) is 6.24. The molecular formula is C20H24BrN3O. The van der Waals surface area contributed by atoms with Crippen LogP contribution in [0.4, 0.5) is 0 Å². The van der Waals surface area contributed by atoms with Gasteiger partial charge in [-0.25, -0.2) is 0 Å². The van der Waals surface area contributed by atoms with Gasteiger partial charge in [0.05, 0.1) is 5.56 Å². The van der Waals surface area contributed by atoms with Gasteiger partial charge in [-0.1, -0.05) is 36.4 Å². The molecule has 25 heavy (non-hydrogen) atoms. The van der Waals surface area contributed by atoms with Crippen LogP contribution in [0, 0.1) is 0 Å². The zero-order chi connectivity index (χ0) is 17.6. The summed E-state index contributed by atoms with van der Waals surface area (Å²) in [6.07, 6.45) is 0. The molecule has 1 fully saturated rings. The second-order valence-corrected chi connectivity index (χ2v) is 7.41. The summed E-state index contributed by atoms with van der Waals surface area (Å²) >= 11 is 3.41. The first-order chi connectivity index (χ1) is 12.1. The molecule has 0 spiro atoms. The number of benzene rings is 2. The summed E-state index contributed by atoms with van der Waals surface area (Å²) in [6.45, 7) is 6.06. The van der Waals surface area contributed by atoms with Crippen LogP contribution in [-0.4, -0.2) is 48.9 Å². The van der Waals surface area contributed by atoms with Crippen molar-refractivity contribution in [3.05, 3.63) is 69.7 Å². The fourth-order valence-electron chi connectivity index (χ4n) is 2.95. The van der Waals surface area contributed by atoms with Gasteiger partial charge in [0.15, 0.2) is 0 Å². The summed E-state index contributed by atoms with van der Waals surface area (Å²) in [6, 6.07) is 16.0. The summed E-state index contributed by atoms with van der Waals surface area (Å²) in [4.78, 5) is 17.1.